The Bertz CT molecular complexity index is 1260. The van der Waals surface area contributed by atoms with Gasteiger partial charge < -0.3 is 9.40 Å². The highest BCUT2D eigenvalue weighted by atomic mass is 32.2. The highest BCUT2D eigenvalue weighted by Crippen LogP contribution is 2.31. The third kappa shape index (κ3) is 3.90. The first-order chi connectivity index (χ1) is 14.0. The number of hydrogen-bond donors (Lipinski definition) is 1. The maximum atomic E-state index is 11.2. The lowest BCUT2D eigenvalue weighted by molar-refractivity contribution is -0.385. The number of nitro benzene ring substituents is 1. The van der Waals surface area contributed by atoms with Crippen LogP contribution in [0.2, 0.25) is 0 Å². The van der Waals surface area contributed by atoms with Gasteiger partial charge in [-0.25, -0.2) is 4.98 Å². The molecule has 2 aromatic carbocycles. The summed E-state index contributed by atoms with van der Waals surface area (Å²) in [5, 5.41) is 21.2. The summed E-state index contributed by atoms with van der Waals surface area (Å²) in [5.74, 6) is 0.966. The van der Waals surface area contributed by atoms with Crippen LogP contribution in [0.5, 0.6) is 0 Å². The predicted molar refractivity (Wildman–Crippen MR) is 111 cm³/mol. The molecule has 0 saturated heterocycles. The van der Waals surface area contributed by atoms with Crippen molar-refractivity contribution < 1.29 is 9.34 Å². The van der Waals surface area contributed by atoms with Gasteiger partial charge >= 0.3 is 0 Å². The fourth-order valence-corrected chi connectivity index (χ4v) is 3.57. The van der Waals surface area contributed by atoms with Crippen molar-refractivity contribution in [3.8, 4) is 17.4 Å². The molecule has 29 heavy (non-hydrogen) atoms. The molecule has 4 rings (SSSR count). The fraction of sp³-hybridized carbons (Fsp3) is 0.0476. The maximum Gasteiger partial charge on any atom is 0.273 e. The van der Waals surface area contributed by atoms with Gasteiger partial charge in [-0.2, -0.15) is 5.26 Å². The van der Waals surface area contributed by atoms with Crippen LogP contribution < -0.4 is 0 Å². The maximum absolute atomic E-state index is 11.2. The minimum Gasteiger partial charge on any atom is -0.457 e. The van der Waals surface area contributed by atoms with Crippen molar-refractivity contribution in [2.75, 3.05) is 0 Å². The van der Waals surface area contributed by atoms with Crippen molar-refractivity contribution >= 4 is 34.6 Å². The molecular formula is C21H14N4O3S. The van der Waals surface area contributed by atoms with Crippen LogP contribution in [0.15, 0.2) is 69.1 Å². The van der Waals surface area contributed by atoms with Gasteiger partial charge in [0.05, 0.1) is 20.9 Å². The third-order valence-corrected chi connectivity index (χ3v) is 5.09. The van der Waals surface area contributed by atoms with Gasteiger partial charge in [-0.05, 0) is 43.0 Å². The van der Waals surface area contributed by atoms with Crippen molar-refractivity contribution in [2.24, 2.45) is 0 Å². The summed E-state index contributed by atoms with van der Waals surface area (Å²) in [6.45, 7) is 1.69. The first-order valence-corrected chi connectivity index (χ1v) is 9.45. The zero-order chi connectivity index (χ0) is 20.4. The van der Waals surface area contributed by atoms with Gasteiger partial charge in [-0.15, -0.1) is 0 Å². The molecule has 2 heterocycles. The second-order valence-electron chi connectivity index (χ2n) is 6.24. The molecule has 0 fully saturated rings. The molecular weight excluding hydrogens is 388 g/mol. The quantitative estimate of drug-likeness (QED) is 0.199. The number of rotatable bonds is 5. The summed E-state index contributed by atoms with van der Waals surface area (Å²) >= 11 is 1.21. The van der Waals surface area contributed by atoms with E-state index in [1.807, 2.05) is 24.3 Å². The van der Waals surface area contributed by atoms with Crippen molar-refractivity contribution in [1.82, 2.24) is 9.97 Å². The fourth-order valence-electron chi connectivity index (χ4n) is 2.84. The largest absolute Gasteiger partial charge is 0.457 e. The van der Waals surface area contributed by atoms with E-state index in [-0.39, 0.29) is 5.69 Å². The molecule has 0 bridgehead atoms. The molecule has 2 aromatic heterocycles. The number of benzene rings is 2. The number of fused-ring (bicyclic) bond motifs is 1. The molecule has 0 amide bonds. The van der Waals surface area contributed by atoms with Gasteiger partial charge in [0.15, 0.2) is 5.16 Å². The highest BCUT2D eigenvalue weighted by molar-refractivity contribution is 8.03. The van der Waals surface area contributed by atoms with Crippen molar-refractivity contribution in [3.63, 3.8) is 0 Å². The van der Waals surface area contributed by atoms with Gasteiger partial charge in [0, 0.05) is 23.3 Å². The molecule has 1 N–H and O–H groups in total. The first-order valence-electron chi connectivity index (χ1n) is 8.63. The molecule has 0 atom stereocenters. The number of imidazole rings is 1. The molecule has 0 saturated carbocycles. The number of nitrogens with one attached hydrogen (secondary N) is 1. The number of hydrogen-bond acceptors (Lipinski definition) is 6. The number of nitrogens with zero attached hydrogens (tertiary/aromatic N) is 3. The summed E-state index contributed by atoms with van der Waals surface area (Å²) < 4.78 is 5.78. The monoisotopic (exact) mass is 402 g/mol. The summed E-state index contributed by atoms with van der Waals surface area (Å²) in [4.78, 5) is 18.8. The Morgan fingerprint density at radius 3 is 2.86 bits per heavy atom. The molecule has 0 spiro atoms. The molecule has 0 radical (unpaired) electrons. The van der Waals surface area contributed by atoms with Gasteiger partial charge in [0.2, 0.25) is 0 Å². The summed E-state index contributed by atoms with van der Waals surface area (Å²) in [6, 6.07) is 18.1. The van der Waals surface area contributed by atoms with Crippen LogP contribution in [-0.4, -0.2) is 14.9 Å². The Hall–Kier alpha value is -3.83. The van der Waals surface area contributed by atoms with Crippen LogP contribution in [0.25, 0.3) is 28.4 Å². The first kappa shape index (κ1) is 18.5. The average molecular weight is 402 g/mol. The lowest BCUT2D eigenvalue weighted by atomic mass is 10.1. The minimum atomic E-state index is -0.416. The van der Waals surface area contributed by atoms with Gasteiger partial charge in [0.1, 0.15) is 17.6 Å². The standard InChI is InChI=1S/C21H14N4O3S/c1-13-6-7-14(10-19(13)25(26)27)20-9-8-15(28-20)11-16(12-22)29-21-23-17-4-2-3-5-18(17)24-21/h2-11H,1H3,(H,23,24)/b16-11+. The highest BCUT2D eigenvalue weighted by Gasteiger charge is 2.14. The van der Waals surface area contributed by atoms with Gasteiger partial charge in [-0.3, -0.25) is 10.1 Å². The summed E-state index contributed by atoms with van der Waals surface area (Å²) in [6.07, 6.45) is 1.62. The topological polar surface area (TPSA) is 109 Å². The molecule has 0 aliphatic heterocycles. The van der Waals surface area contributed by atoms with E-state index in [9.17, 15) is 15.4 Å². The van der Waals surface area contributed by atoms with Crippen LogP contribution in [0.4, 0.5) is 5.69 Å². The number of para-hydroxylation sites is 2. The van der Waals surface area contributed by atoms with Gasteiger partial charge in [-0.1, -0.05) is 24.3 Å². The van der Waals surface area contributed by atoms with Gasteiger partial charge in [0.25, 0.3) is 5.69 Å². The minimum absolute atomic E-state index is 0.0362. The lowest BCUT2D eigenvalue weighted by Crippen LogP contribution is -1.91. The van der Waals surface area contributed by atoms with Crippen LogP contribution in [0.3, 0.4) is 0 Å². The van der Waals surface area contributed by atoms with E-state index in [0.717, 1.165) is 11.0 Å². The number of aromatic amines is 1. The molecule has 7 nitrogen and oxygen atoms in total. The Morgan fingerprint density at radius 2 is 2.10 bits per heavy atom. The number of H-pyrrole nitrogens is 1. The van der Waals surface area contributed by atoms with E-state index in [2.05, 4.69) is 16.0 Å². The number of furan rings is 1. The lowest BCUT2D eigenvalue weighted by Gasteiger charge is -2.00. The average Bonchev–Trinajstić information content (AvgIpc) is 3.34. The number of aryl methyl sites for hydroxylation is 1. The van der Waals surface area contributed by atoms with Crippen LogP contribution in [-0.2, 0) is 0 Å². The Morgan fingerprint density at radius 1 is 1.28 bits per heavy atom. The Kier molecular flexibility index (Phi) is 4.89. The number of nitro groups is 1. The number of aromatic nitrogens is 2. The molecule has 0 aliphatic rings. The summed E-state index contributed by atoms with van der Waals surface area (Å²) in [7, 11) is 0. The van der Waals surface area contributed by atoms with Crippen LogP contribution in [0.1, 0.15) is 11.3 Å². The normalized spacial score (nSPS) is 11.5. The number of allylic oxidation sites excluding steroid dienone is 1. The second kappa shape index (κ2) is 7.66. The van der Waals surface area contributed by atoms with E-state index >= 15 is 0 Å². The smallest absolute Gasteiger partial charge is 0.273 e. The zero-order valence-electron chi connectivity index (χ0n) is 15.2. The van der Waals surface area contributed by atoms with Crippen molar-refractivity contribution in [2.45, 2.75) is 12.1 Å². The zero-order valence-corrected chi connectivity index (χ0v) is 16.1. The molecule has 4 aromatic rings. The number of nitriles is 1. The van der Waals surface area contributed by atoms with Crippen molar-refractivity contribution in [1.29, 1.82) is 5.26 Å². The van der Waals surface area contributed by atoms with E-state index in [1.165, 1.54) is 17.8 Å². The van der Waals surface area contributed by atoms with E-state index in [4.69, 9.17) is 4.42 Å². The Balaban J connectivity index is 1.59. The molecule has 8 heteroatoms. The van der Waals surface area contributed by atoms with Crippen LogP contribution >= 0.6 is 11.8 Å². The second-order valence-corrected chi connectivity index (χ2v) is 7.27. The Labute approximate surface area is 169 Å². The van der Waals surface area contributed by atoms with E-state index < -0.39 is 4.92 Å². The summed E-state index contributed by atoms with van der Waals surface area (Å²) in [5.41, 5.74) is 2.95. The number of thioether (sulfide) groups is 1. The third-order valence-electron chi connectivity index (χ3n) is 4.27. The van der Waals surface area contributed by atoms with E-state index in [0.29, 0.717) is 32.7 Å². The van der Waals surface area contributed by atoms with E-state index in [1.54, 1.807) is 37.3 Å². The predicted octanol–water partition coefficient (Wildman–Crippen LogP) is 5.70. The molecule has 0 unspecified atom stereocenters. The SMILES string of the molecule is Cc1ccc(-c2ccc(/C=C(\C#N)Sc3nc4ccccc4[nH]3)o2)cc1[N+](=O)[O-]. The molecule has 142 valence electrons. The molecule has 0 aliphatic carbocycles. The van der Waals surface area contributed by atoms with Crippen molar-refractivity contribution in [3.05, 3.63) is 80.9 Å². The van der Waals surface area contributed by atoms with Crippen LogP contribution in [0, 0.1) is 28.4 Å².